The Morgan fingerprint density at radius 1 is 1.17 bits per heavy atom. The average Bonchev–Trinajstić information content (AvgIpc) is 1.46. The number of rotatable bonds is 0. The maximum atomic E-state index is 4.00. The van der Waals surface area contributed by atoms with Crippen LogP contribution in [0.3, 0.4) is 0 Å². The second-order valence-electron chi connectivity index (χ2n) is 0.500. The molecule has 3 nitrogen and oxygen atoms in total. The topological polar surface area (TPSA) is 64.1 Å². The minimum absolute atomic E-state index is 0. The normalized spacial score (nSPS) is 4.00. The van der Waals surface area contributed by atoms with Gasteiger partial charge in [0.15, 0.2) is 0 Å². The van der Waals surface area contributed by atoms with Crippen LogP contribution < -0.4 is 17.0 Å². The number of nitrogens with two attached hydrogens (primary N) is 2. The highest BCUT2D eigenvalue weighted by Gasteiger charge is 1.25. The molecule has 5 N–H and O–H groups in total. The highest BCUT2D eigenvalue weighted by molar-refractivity contribution is 5.75. The summed E-state index contributed by atoms with van der Waals surface area (Å²) < 4.78 is 0. The van der Waals surface area contributed by atoms with Crippen LogP contribution in [-0.2, 0) is 0 Å². The van der Waals surface area contributed by atoms with E-state index in [4.69, 9.17) is 0 Å². The molecule has 0 fully saturated rings. The molecule has 0 aliphatic heterocycles. The maximum absolute atomic E-state index is 4.00. The van der Waals surface area contributed by atoms with Crippen molar-refractivity contribution in [2.75, 3.05) is 14.1 Å². The van der Waals surface area contributed by atoms with Crippen LogP contribution in [0.2, 0.25) is 0 Å². The standard InChI is InChI=1S/C2H7N.BH3.H4N2/c1-3-2;;1-2/h3H,1-2H3;1H3;1-2H2. The molecule has 0 aromatic rings. The molecule has 0 radical (unpaired) electrons. The van der Waals surface area contributed by atoms with Gasteiger partial charge in [0, 0.05) is 0 Å². The van der Waals surface area contributed by atoms with E-state index in [1.807, 2.05) is 14.1 Å². The van der Waals surface area contributed by atoms with Gasteiger partial charge in [-0.3, -0.25) is 11.7 Å². The monoisotopic (exact) mass is 91.1 g/mol. The minimum atomic E-state index is 0. The number of hydrazine groups is 1. The molecule has 0 amide bonds. The first-order valence-corrected chi connectivity index (χ1v) is 1.33. The first-order valence-electron chi connectivity index (χ1n) is 1.33. The van der Waals surface area contributed by atoms with Crippen molar-refractivity contribution >= 4 is 8.41 Å². The molecule has 0 atom stereocenters. The summed E-state index contributed by atoms with van der Waals surface area (Å²) in [5.41, 5.74) is 0. The van der Waals surface area contributed by atoms with Gasteiger partial charge in [0.25, 0.3) is 0 Å². The summed E-state index contributed by atoms with van der Waals surface area (Å²) in [5.74, 6) is 8.00. The number of hydrogen-bond acceptors (Lipinski definition) is 3. The Morgan fingerprint density at radius 3 is 1.17 bits per heavy atom. The molecule has 0 saturated carbocycles. The SMILES string of the molecule is B.CNC.NN. The third kappa shape index (κ3) is 11300. The molecule has 0 aromatic heterocycles. The van der Waals surface area contributed by atoms with Gasteiger partial charge in [-0.1, -0.05) is 0 Å². The number of hydrogen-bond donors (Lipinski definition) is 3. The smallest absolute Gasteiger partial charge is 0.0814 e. The molecule has 0 spiro atoms. The van der Waals surface area contributed by atoms with E-state index in [9.17, 15) is 0 Å². The summed E-state index contributed by atoms with van der Waals surface area (Å²) in [5, 5.41) is 2.75. The quantitative estimate of drug-likeness (QED) is 0.175. The van der Waals surface area contributed by atoms with Gasteiger partial charge in [0.05, 0.1) is 8.41 Å². The van der Waals surface area contributed by atoms with Crippen LogP contribution in [0, 0.1) is 0 Å². The Hall–Kier alpha value is -0.0551. The molecule has 0 unspecified atom stereocenters. The molecule has 4 heteroatoms. The van der Waals surface area contributed by atoms with E-state index in [0.717, 1.165) is 0 Å². The average molecular weight is 91.0 g/mol. The van der Waals surface area contributed by atoms with Gasteiger partial charge in [-0.15, -0.1) is 0 Å². The van der Waals surface area contributed by atoms with Crippen LogP contribution in [0.4, 0.5) is 0 Å². The Kier molecular flexibility index (Phi) is 241. The van der Waals surface area contributed by atoms with Gasteiger partial charge < -0.3 is 5.32 Å². The first kappa shape index (κ1) is 16.8. The van der Waals surface area contributed by atoms with Crippen LogP contribution in [0.5, 0.6) is 0 Å². The van der Waals surface area contributed by atoms with E-state index in [1.165, 1.54) is 0 Å². The minimum Gasteiger partial charge on any atom is -0.323 e. The largest absolute Gasteiger partial charge is 0.323 e. The molecule has 0 rings (SSSR count). The second-order valence-corrected chi connectivity index (χ2v) is 0.500. The Morgan fingerprint density at radius 2 is 1.17 bits per heavy atom. The van der Waals surface area contributed by atoms with Crippen LogP contribution in [0.15, 0.2) is 0 Å². The summed E-state index contributed by atoms with van der Waals surface area (Å²) in [4.78, 5) is 0. The van der Waals surface area contributed by atoms with E-state index in [0.29, 0.717) is 0 Å². The molecular weight excluding hydrogens is 76.9 g/mol. The molecular formula is C2H14BN3. The van der Waals surface area contributed by atoms with Crippen molar-refractivity contribution in [1.82, 2.24) is 5.32 Å². The Labute approximate surface area is 40.6 Å². The third-order valence-corrected chi connectivity index (χ3v) is 0. The summed E-state index contributed by atoms with van der Waals surface area (Å²) in [7, 11) is 3.75. The van der Waals surface area contributed by atoms with Crippen molar-refractivity contribution in [3.63, 3.8) is 0 Å². The van der Waals surface area contributed by atoms with Crippen molar-refractivity contribution in [2.45, 2.75) is 0 Å². The highest BCUT2D eigenvalue weighted by atomic mass is 15.0. The fraction of sp³-hybridized carbons (Fsp3) is 1.00. The first-order chi connectivity index (χ1) is 2.41. The van der Waals surface area contributed by atoms with Gasteiger partial charge in [-0.25, -0.2) is 0 Å². The predicted octanol–water partition coefficient (Wildman–Crippen LogP) is -2.53. The van der Waals surface area contributed by atoms with Crippen molar-refractivity contribution in [2.24, 2.45) is 11.7 Å². The van der Waals surface area contributed by atoms with Crippen molar-refractivity contribution in [1.29, 1.82) is 0 Å². The van der Waals surface area contributed by atoms with Gasteiger partial charge in [-0.05, 0) is 14.1 Å². The number of nitrogens with one attached hydrogen (secondary N) is 1. The third-order valence-electron chi connectivity index (χ3n) is 0. The zero-order chi connectivity index (χ0) is 4.71. The van der Waals surface area contributed by atoms with Crippen LogP contribution >= 0.6 is 0 Å². The lowest BCUT2D eigenvalue weighted by atomic mass is 10.8. The summed E-state index contributed by atoms with van der Waals surface area (Å²) >= 11 is 0. The molecule has 0 aromatic carbocycles. The van der Waals surface area contributed by atoms with E-state index in [-0.39, 0.29) is 8.41 Å². The van der Waals surface area contributed by atoms with E-state index in [1.54, 1.807) is 0 Å². The van der Waals surface area contributed by atoms with Gasteiger partial charge in [0.2, 0.25) is 0 Å². The molecule has 0 saturated heterocycles. The van der Waals surface area contributed by atoms with Gasteiger partial charge in [0.1, 0.15) is 0 Å². The van der Waals surface area contributed by atoms with Crippen LogP contribution in [0.1, 0.15) is 0 Å². The molecule has 6 heavy (non-hydrogen) atoms. The molecule has 0 bridgehead atoms. The lowest BCUT2D eigenvalue weighted by Gasteiger charge is -1.59. The van der Waals surface area contributed by atoms with E-state index >= 15 is 0 Å². The molecule has 40 valence electrons. The fourth-order valence-electron chi connectivity index (χ4n) is 0. The molecule has 0 aliphatic rings. The Bertz CT molecular complexity index is 8.75. The van der Waals surface area contributed by atoms with Crippen LogP contribution in [-0.4, -0.2) is 22.5 Å². The van der Waals surface area contributed by atoms with E-state index < -0.39 is 0 Å². The zero-order valence-electron chi connectivity index (χ0n) is 3.65. The lowest BCUT2D eigenvalue weighted by Crippen LogP contribution is -2.02. The fourth-order valence-corrected chi connectivity index (χ4v) is 0. The summed E-state index contributed by atoms with van der Waals surface area (Å²) in [6.07, 6.45) is 0. The van der Waals surface area contributed by atoms with Gasteiger partial charge in [-0.2, -0.15) is 0 Å². The van der Waals surface area contributed by atoms with Crippen LogP contribution in [0.25, 0.3) is 0 Å². The van der Waals surface area contributed by atoms with Crippen molar-refractivity contribution < 1.29 is 0 Å². The molecule has 0 heterocycles. The Balaban J connectivity index is -0.0000000275. The molecule has 0 aliphatic carbocycles. The lowest BCUT2D eigenvalue weighted by molar-refractivity contribution is 1.02. The van der Waals surface area contributed by atoms with Gasteiger partial charge >= 0.3 is 0 Å². The van der Waals surface area contributed by atoms with Crippen molar-refractivity contribution in [3.8, 4) is 0 Å². The van der Waals surface area contributed by atoms with E-state index in [2.05, 4.69) is 17.0 Å². The van der Waals surface area contributed by atoms with Crippen molar-refractivity contribution in [3.05, 3.63) is 0 Å². The highest BCUT2D eigenvalue weighted by Crippen LogP contribution is 0.981. The summed E-state index contributed by atoms with van der Waals surface area (Å²) in [6, 6.07) is 0. The summed E-state index contributed by atoms with van der Waals surface area (Å²) in [6.45, 7) is 0. The maximum Gasteiger partial charge on any atom is 0.0814 e. The zero-order valence-corrected chi connectivity index (χ0v) is 3.65. The second kappa shape index (κ2) is 86.2. The predicted molar refractivity (Wildman–Crippen MR) is 33.3 cm³/mol.